The predicted octanol–water partition coefficient (Wildman–Crippen LogP) is 7.18. The van der Waals surface area contributed by atoms with E-state index in [1.54, 1.807) is 0 Å². The van der Waals surface area contributed by atoms with E-state index in [2.05, 4.69) is 60.6 Å². The van der Waals surface area contributed by atoms with Crippen LogP contribution in [0.3, 0.4) is 0 Å². The van der Waals surface area contributed by atoms with E-state index in [0.29, 0.717) is 0 Å². The molecule has 2 atom stereocenters. The Morgan fingerprint density at radius 2 is 1.78 bits per heavy atom. The molecular formula is C29H46N2O. The van der Waals surface area contributed by atoms with Crippen LogP contribution in [0, 0.1) is 5.92 Å². The molecule has 0 fully saturated rings. The molecule has 0 radical (unpaired) electrons. The van der Waals surface area contributed by atoms with Crippen molar-refractivity contribution in [3.05, 3.63) is 54.7 Å². The first kappa shape index (κ1) is 26.5. The zero-order chi connectivity index (χ0) is 23.0. The highest BCUT2D eigenvalue weighted by molar-refractivity contribution is 5.81. The van der Waals surface area contributed by atoms with Gasteiger partial charge in [0, 0.05) is 18.1 Å². The molecule has 0 aliphatic carbocycles. The van der Waals surface area contributed by atoms with Crippen molar-refractivity contribution in [1.82, 2.24) is 9.88 Å². The molecule has 1 heterocycles. The van der Waals surface area contributed by atoms with Gasteiger partial charge in [0.1, 0.15) is 0 Å². The van der Waals surface area contributed by atoms with Crippen LogP contribution in [0.2, 0.25) is 0 Å². The first-order chi connectivity index (χ1) is 15.6. The Balaban J connectivity index is 1.75. The molecule has 0 bridgehead atoms. The van der Waals surface area contributed by atoms with Crippen LogP contribution in [-0.2, 0) is 6.42 Å². The summed E-state index contributed by atoms with van der Waals surface area (Å²) in [6.07, 6.45) is 16.6. The number of nitrogens with zero attached hydrogens (tertiary/aromatic N) is 2. The summed E-state index contributed by atoms with van der Waals surface area (Å²) in [6.45, 7) is 11.4. The Morgan fingerprint density at radius 3 is 2.59 bits per heavy atom. The minimum absolute atomic E-state index is 0.205. The van der Waals surface area contributed by atoms with E-state index in [9.17, 15) is 5.11 Å². The minimum atomic E-state index is -0.205. The van der Waals surface area contributed by atoms with Crippen molar-refractivity contribution in [3.8, 4) is 0 Å². The van der Waals surface area contributed by atoms with Gasteiger partial charge in [0.25, 0.3) is 0 Å². The van der Waals surface area contributed by atoms with Crippen molar-refractivity contribution in [2.24, 2.45) is 5.92 Å². The summed E-state index contributed by atoms with van der Waals surface area (Å²) in [6, 6.07) is 10.6. The SMILES string of the molecule is C=CCC(C)CCCCC[C@@H](O)CN(CCCCC)CCCc1ccnc2ccccc12. The van der Waals surface area contributed by atoms with Gasteiger partial charge < -0.3 is 10.0 Å². The fourth-order valence-corrected chi connectivity index (χ4v) is 4.59. The van der Waals surface area contributed by atoms with Gasteiger partial charge in [-0.3, -0.25) is 4.98 Å². The number of pyridine rings is 1. The van der Waals surface area contributed by atoms with Gasteiger partial charge in [0.2, 0.25) is 0 Å². The van der Waals surface area contributed by atoms with Gasteiger partial charge in [-0.05, 0) is 68.8 Å². The molecule has 178 valence electrons. The maximum Gasteiger partial charge on any atom is 0.0704 e. The maximum absolute atomic E-state index is 10.7. The summed E-state index contributed by atoms with van der Waals surface area (Å²) < 4.78 is 0. The molecule has 3 nitrogen and oxygen atoms in total. The van der Waals surface area contributed by atoms with E-state index in [1.165, 1.54) is 49.5 Å². The number of para-hydroxylation sites is 1. The highest BCUT2D eigenvalue weighted by atomic mass is 16.3. The molecule has 2 rings (SSSR count). The lowest BCUT2D eigenvalue weighted by Crippen LogP contribution is -2.34. The number of benzene rings is 1. The van der Waals surface area contributed by atoms with E-state index in [-0.39, 0.29) is 6.10 Å². The molecule has 0 saturated heterocycles. The van der Waals surface area contributed by atoms with E-state index in [0.717, 1.165) is 63.2 Å². The quantitative estimate of drug-likeness (QED) is 0.198. The van der Waals surface area contributed by atoms with Crippen molar-refractivity contribution in [3.63, 3.8) is 0 Å². The lowest BCUT2D eigenvalue weighted by molar-refractivity contribution is 0.101. The van der Waals surface area contributed by atoms with Crippen LogP contribution in [0.5, 0.6) is 0 Å². The lowest BCUT2D eigenvalue weighted by Gasteiger charge is -2.25. The number of fused-ring (bicyclic) bond motifs is 1. The molecule has 1 unspecified atom stereocenters. The monoisotopic (exact) mass is 438 g/mol. The van der Waals surface area contributed by atoms with Crippen molar-refractivity contribution < 1.29 is 5.11 Å². The number of aromatic nitrogens is 1. The van der Waals surface area contributed by atoms with Crippen LogP contribution < -0.4 is 0 Å². The first-order valence-electron chi connectivity index (χ1n) is 13.0. The summed E-state index contributed by atoms with van der Waals surface area (Å²) in [5, 5.41) is 11.9. The zero-order valence-corrected chi connectivity index (χ0v) is 20.6. The number of allylic oxidation sites excluding steroid dienone is 1. The average molecular weight is 439 g/mol. The second kappa shape index (κ2) is 16.0. The molecule has 0 aliphatic heterocycles. The molecule has 0 aliphatic rings. The summed E-state index contributed by atoms with van der Waals surface area (Å²) in [4.78, 5) is 6.98. The van der Waals surface area contributed by atoms with Gasteiger partial charge in [-0.25, -0.2) is 0 Å². The highest BCUT2D eigenvalue weighted by Crippen LogP contribution is 2.18. The Kier molecular flexibility index (Phi) is 13.3. The van der Waals surface area contributed by atoms with Crippen molar-refractivity contribution in [2.75, 3.05) is 19.6 Å². The third-order valence-electron chi connectivity index (χ3n) is 6.51. The molecular weight excluding hydrogens is 392 g/mol. The number of aliphatic hydroxyl groups excluding tert-OH is 1. The topological polar surface area (TPSA) is 36.4 Å². The van der Waals surface area contributed by atoms with E-state index < -0.39 is 0 Å². The first-order valence-corrected chi connectivity index (χ1v) is 13.0. The Bertz CT molecular complexity index is 754. The Hall–Kier alpha value is -1.71. The number of unbranched alkanes of at least 4 members (excludes halogenated alkanes) is 4. The smallest absolute Gasteiger partial charge is 0.0704 e. The molecule has 1 aromatic heterocycles. The normalized spacial score (nSPS) is 13.5. The summed E-state index contributed by atoms with van der Waals surface area (Å²) in [5.74, 6) is 0.740. The van der Waals surface area contributed by atoms with Crippen LogP contribution in [0.4, 0.5) is 0 Å². The number of hydrogen-bond donors (Lipinski definition) is 1. The van der Waals surface area contributed by atoms with Gasteiger partial charge in [-0.2, -0.15) is 0 Å². The van der Waals surface area contributed by atoms with Crippen molar-refractivity contribution in [1.29, 1.82) is 0 Å². The second-order valence-corrected chi connectivity index (χ2v) is 9.52. The molecule has 0 spiro atoms. The van der Waals surface area contributed by atoms with Gasteiger partial charge >= 0.3 is 0 Å². The van der Waals surface area contributed by atoms with Gasteiger partial charge in [0.15, 0.2) is 0 Å². The van der Waals surface area contributed by atoms with Crippen LogP contribution in [-0.4, -0.2) is 40.7 Å². The second-order valence-electron chi connectivity index (χ2n) is 9.52. The van der Waals surface area contributed by atoms with Crippen LogP contribution in [0.1, 0.15) is 83.6 Å². The third kappa shape index (κ3) is 10.3. The molecule has 2 aromatic rings. The summed E-state index contributed by atoms with van der Waals surface area (Å²) in [5.41, 5.74) is 2.47. The zero-order valence-electron chi connectivity index (χ0n) is 20.6. The van der Waals surface area contributed by atoms with Crippen molar-refractivity contribution >= 4 is 10.9 Å². The third-order valence-corrected chi connectivity index (χ3v) is 6.51. The van der Waals surface area contributed by atoms with Gasteiger partial charge in [-0.15, -0.1) is 6.58 Å². The van der Waals surface area contributed by atoms with Crippen LogP contribution in [0.25, 0.3) is 10.9 Å². The fraction of sp³-hybridized carbons (Fsp3) is 0.621. The molecule has 1 N–H and O–H groups in total. The summed E-state index contributed by atoms with van der Waals surface area (Å²) in [7, 11) is 0. The lowest BCUT2D eigenvalue weighted by atomic mass is 9.99. The molecule has 32 heavy (non-hydrogen) atoms. The number of aryl methyl sites for hydroxylation is 1. The maximum atomic E-state index is 10.7. The van der Waals surface area contributed by atoms with Crippen LogP contribution >= 0.6 is 0 Å². The number of rotatable bonds is 18. The fourth-order valence-electron chi connectivity index (χ4n) is 4.59. The van der Waals surface area contributed by atoms with Crippen molar-refractivity contribution in [2.45, 2.75) is 90.6 Å². The standard InChI is InChI=1S/C29H46N2O/c1-4-6-12-22-31(24-27(32)17-9-7-8-15-25(3)14-5-2)23-13-16-26-20-21-30-29-19-11-10-18-28(26)29/h5,10-11,18-21,25,27,32H,2,4,6-9,12-17,22-24H2,1,3H3/t25?,27-/m1/s1. The molecule has 0 saturated carbocycles. The Labute approximate surface area is 196 Å². The highest BCUT2D eigenvalue weighted by Gasteiger charge is 2.12. The van der Waals surface area contributed by atoms with E-state index in [1.807, 2.05) is 12.3 Å². The van der Waals surface area contributed by atoms with Crippen LogP contribution in [0.15, 0.2) is 49.2 Å². The van der Waals surface area contributed by atoms with Gasteiger partial charge in [-0.1, -0.05) is 76.6 Å². The predicted molar refractivity (Wildman–Crippen MR) is 139 cm³/mol. The molecule has 3 heteroatoms. The minimum Gasteiger partial charge on any atom is -0.392 e. The van der Waals surface area contributed by atoms with E-state index >= 15 is 0 Å². The number of hydrogen-bond acceptors (Lipinski definition) is 3. The molecule has 1 aromatic carbocycles. The largest absolute Gasteiger partial charge is 0.392 e. The molecule has 0 amide bonds. The average Bonchev–Trinajstić information content (AvgIpc) is 2.79. The van der Waals surface area contributed by atoms with Gasteiger partial charge in [0.05, 0.1) is 11.6 Å². The number of aliphatic hydroxyl groups is 1. The summed E-state index contributed by atoms with van der Waals surface area (Å²) >= 11 is 0. The Morgan fingerprint density at radius 1 is 1.00 bits per heavy atom. The van der Waals surface area contributed by atoms with E-state index in [4.69, 9.17) is 0 Å².